The van der Waals surface area contributed by atoms with Gasteiger partial charge in [-0.25, -0.2) is 8.78 Å². The molecule has 0 spiro atoms. The lowest BCUT2D eigenvalue weighted by atomic mass is 9.87. The summed E-state index contributed by atoms with van der Waals surface area (Å²) in [5, 5.41) is 2.89. The molecule has 3 amide bonds. The van der Waals surface area contributed by atoms with E-state index in [9.17, 15) is 23.2 Å². The molecule has 218 valence electrons. The Balaban J connectivity index is 0.00000420. The predicted octanol–water partition coefficient (Wildman–Crippen LogP) is 3.95. The second-order valence-electron chi connectivity index (χ2n) is 12.3. The SMILES string of the molecule is CC(=O)N[C@H](C(=O)N1CCN(C(=O)[C@@H]2CN(C(C)(C)C)C[C@H]2c2ccc(F)cc2F)[C@@H](C)C1)C1CCCC1.Cl. The molecule has 4 atom stereocenters. The van der Waals surface area contributed by atoms with Gasteiger partial charge >= 0.3 is 0 Å². The Hall–Kier alpha value is -2.26. The molecule has 1 saturated carbocycles. The molecule has 0 radical (unpaired) electrons. The van der Waals surface area contributed by atoms with Crippen LogP contribution >= 0.6 is 12.4 Å². The molecule has 0 bridgehead atoms. The number of nitrogens with zero attached hydrogens (tertiary/aromatic N) is 3. The second kappa shape index (κ2) is 12.5. The molecule has 3 fully saturated rings. The van der Waals surface area contributed by atoms with Crippen LogP contribution < -0.4 is 5.32 Å². The maximum Gasteiger partial charge on any atom is 0.245 e. The fraction of sp³-hybridized carbons (Fsp3) is 0.690. The van der Waals surface area contributed by atoms with E-state index >= 15 is 0 Å². The van der Waals surface area contributed by atoms with Crippen molar-refractivity contribution < 1.29 is 23.2 Å². The molecular formula is C29H43ClF2N4O3. The highest BCUT2D eigenvalue weighted by molar-refractivity contribution is 5.88. The van der Waals surface area contributed by atoms with E-state index < -0.39 is 23.6 Å². The summed E-state index contributed by atoms with van der Waals surface area (Å²) < 4.78 is 28.5. The van der Waals surface area contributed by atoms with E-state index in [0.717, 1.165) is 31.7 Å². The first kappa shape index (κ1) is 31.3. The van der Waals surface area contributed by atoms with Gasteiger partial charge in [0.1, 0.15) is 17.7 Å². The van der Waals surface area contributed by atoms with Crippen molar-refractivity contribution >= 4 is 30.1 Å². The number of halogens is 3. The molecule has 0 aromatic heterocycles. The molecule has 2 heterocycles. The van der Waals surface area contributed by atoms with Crippen molar-refractivity contribution in [3.05, 3.63) is 35.4 Å². The Bertz CT molecular complexity index is 1060. The predicted molar refractivity (Wildman–Crippen MR) is 148 cm³/mol. The van der Waals surface area contributed by atoms with E-state index in [-0.39, 0.29) is 53.5 Å². The lowest BCUT2D eigenvalue weighted by Crippen LogP contribution is -2.61. The van der Waals surface area contributed by atoms with E-state index in [4.69, 9.17) is 0 Å². The normalized spacial score (nSPS) is 25.4. The largest absolute Gasteiger partial charge is 0.344 e. The van der Waals surface area contributed by atoms with Gasteiger partial charge in [0.2, 0.25) is 17.7 Å². The fourth-order valence-electron chi connectivity index (χ4n) is 6.50. The van der Waals surface area contributed by atoms with E-state index in [1.165, 1.54) is 19.1 Å². The van der Waals surface area contributed by atoms with Gasteiger partial charge in [-0.3, -0.25) is 19.3 Å². The Labute approximate surface area is 237 Å². The number of amides is 3. The van der Waals surface area contributed by atoms with E-state index in [0.29, 0.717) is 38.3 Å². The number of likely N-dealkylation sites (tertiary alicyclic amines) is 1. The third kappa shape index (κ3) is 6.91. The fourth-order valence-corrected chi connectivity index (χ4v) is 6.50. The molecule has 1 N–H and O–H groups in total. The average Bonchev–Trinajstić information content (AvgIpc) is 3.52. The molecule has 10 heteroatoms. The maximum absolute atomic E-state index is 14.9. The Kier molecular flexibility index (Phi) is 10.0. The van der Waals surface area contributed by atoms with Crippen LogP contribution in [-0.4, -0.2) is 82.8 Å². The highest BCUT2D eigenvalue weighted by Gasteiger charge is 2.46. The van der Waals surface area contributed by atoms with Gasteiger partial charge in [-0.2, -0.15) is 0 Å². The second-order valence-corrected chi connectivity index (χ2v) is 12.3. The summed E-state index contributed by atoms with van der Waals surface area (Å²) in [7, 11) is 0. The third-order valence-corrected chi connectivity index (χ3v) is 8.67. The van der Waals surface area contributed by atoms with Crippen molar-refractivity contribution in [3.63, 3.8) is 0 Å². The quantitative estimate of drug-likeness (QED) is 0.584. The first-order valence-corrected chi connectivity index (χ1v) is 13.9. The summed E-state index contributed by atoms with van der Waals surface area (Å²) in [4.78, 5) is 45.1. The van der Waals surface area contributed by atoms with Crippen LogP contribution in [0.25, 0.3) is 0 Å². The molecule has 3 aliphatic rings. The van der Waals surface area contributed by atoms with Crippen LogP contribution in [0.5, 0.6) is 0 Å². The van der Waals surface area contributed by atoms with E-state index in [1.54, 1.807) is 4.90 Å². The Morgan fingerprint density at radius 1 is 1.03 bits per heavy atom. The van der Waals surface area contributed by atoms with Crippen molar-refractivity contribution in [3.8, 4) is 0 Å². The Morgan fingerprint density at radius 3 is 2.26 bits per heavy atom. The van der Waals surface area contributed by atoms with Gasteiger partial charge < -0.3 is 15.1 Å². The van der Waals surface area contributed by atoms with Crippen molar-refractivity contribution in [2.75, 3.05) is 32.7 Å². The minimum absolute atomic E-state index is 0. The molecule has 1 aromatic rings. The minimum Gasteiger partial charge on any atom is -0.344 e. The molecule has 7 nitrogen and oxygen atoms in total. The summed E-state index contributed by atoms with van der Waals surface area (Å²) in [6.07, 6.45) is 3.99. The van der Waals surface area contributed by atoms with Crippen LogP contribution in [0.15, 0.2) is 18.2 Å². The topological polar surface area (TPSA) is 73.0 Å². The average molecular weight is 569 g/mol. The van der Waals surface area contributed by atoms with Crippen LogP contribution in [0.2, 0.25) is 0 Å². The van der Waals surface area contributed by atoms with Gasteiger partial charge in [-0.15, -0.1) is 12.4 Å². The van der Waals surface area contributed by atoms with Gasteiger partial charge in [0.15, 0.2) is 0 Å². The highest BCUT2D eigenvalue weighted by Crippen LogP contribution is 2.39. The number of rotatable bonds is 5. The van der Waals surface area contributed by atoms with Gasteiger partial charge in [-0.05, 0) is 58.1 Å². The molecule has 2 saturated heterocycles. The lowest BCUT2D eigenvalue weighted by molar-refractivity contribution is -0.147. The zero-order valence-corrected chi connectivity index (χ0v) is 24.5. The molecule has 0 unspecified atom stereocenters. The first-order valence-electron chi connectivity index (χ1n) is 13.9. The van der Waals surface area contributed by atoms with E-state index in [2.05, 4.69) is 31.0 Å². The van der Waals surface area contributed by atoms with Crippen molar-refractivity contribution in [2.24, 2.45) is 11.8 Å². The lowest BCUT2D eigenvalue weighted by Gasteiger charge is -2.43. The number of carbonyl (C=O) groups excluding carboxylic acids is 3. The third-order valence-electron chi connectivity index (χ3n) is 8.67. The maximum atomic E-state index is 14.9. The van der Waals surface area contributed by atoms with Crippen molar-refractivity contribution in [1.29, 1.82) is 0 Å². The molecule has 1 aliphatic carbocycles. The number of hydrogen-bond donors (Lipinski definition) is 1. The van der Waals surface area contributed by atoms with E-state index in [1.807, 2.05) is 11.8 Å². The molecule has 1 aromatic carbocycles. The molecule has 4 rings (SSSR count). The zero-order valence-electron chi connectivity index (χ0n) is 23.7. The van der Waals surface area contributed by atoms with Crippen LogP contribution in [0.3, 0.4) is 0 Å². The molecular weight excluding hydrogens is 526 g/mol. The zero-order chi connectivity index (χ0) is 27.8. The summed E-state index contributed by atoms with van der Waals surface area (Å²) in [6.45, 7) is 11.7. The number of benzene rings is 1. The van der Waals surface area contributed by atoms with Gasteiger partial charge in [-0.1, -0.05) is 18.9 Å². The number of piperazine rings is 1. The van der Waals surface area contributed by atoms with Crippen molar-refractivity contribution in [1.82, 2.24) is 20.0 Å². The minimum atomic E-state index is -0.635. The van der Waals surface area contributed by atoms with Crippen molar-refractivity contribution in [2.45, 2.75) is 83.8 Å². The number of nitrogens with one attached hydrogen (secondary N) is 1. The highest BCUT2D eigenvalue weighted by atomic mass is 35.5. The summed E-state index contributed by atoms with van der Waals surface area (Å²) in [5.74, 6) is -2.30. The molecule has 2 aliphatic heterocycles. The monoisotopic (exact) mass is 568 g/mol. The summed E-state index contributed by atoms with van der Waals surface area (Å²) >= 11 is 0. The van der Waals surface area contributed by atoms with Crippen LogP contribution in [0, 0.1) is 23.5 Å². The molecule has 39 heavy (non-hydrogen) atoms. The number of hydrogen-bond acceptors (Lipinski definition) is 4. The summed E-state index contributed by atoms with van der Waals surface area (Å²) in [6, 6.07) is 2.87. The number of carbonyl (C=O) groups is 3. The Morgan fingerprint density at radius 2 is 1.69 bits per heavy atom. The summed E-state index contributed by atoms with van der Waals surface area (Å²) in [5.41, 5.74) is 0.159. The van der Waals surface area contributed by atoms with Gasteiger partial charge in [0.05, 0.1) is 5.92 Å². The van der Waals surface area contributed by atoms with Crippen LogP contribution in [0.1, 0.15) is 71.8 Å². The van der Waals surface area contributed by atoms with Crippen LogP contribution in [0.4, 0.5) is 8.78 Å². The van der Waals surface area contributed by atoms with Gasteiger partial charge in [0, 0.05) is 63.2 Å². The van der Waals surface area contributed by atoms with Gasteiger partial charge in [0.25, 0.3) is 0 Å². The van der Waals surface area contributed by atoms with Crippen LogP contribution in [-0.2, 0) is 14.4 Å². The smallest absolute Gasteiger partial charge is 0.245 e. The first-order chi connectivity index (χ1) is 17.9. The standard InChI is InChI=1S/C29H42F2N4O3.ClH/c1-18-15-33(28(38)26(32-19(2)36)20-8-6-7-9-20)12-13-35(18)27(37)24-17-34(29(3,4)5)16-23(24)22-11-10-21(30)14-25(22)31;/h10-11,14,18,20,23-24,26H,6-9,12-13,15-17H2,1-5H3,(H,32,36);1H/t18-,23-,24+,26-;/m0./s1.